The number of nitrogens with zero attached hydrogens (tertiary/aromatic N) is 5. The molecule has 2 N–H and O–H groups in total. The third kappa shape index (κ3) is 2.87. The summed E-state index contributed by atoms with van der Waals surface area (Å²) in [4.78, 5) is 4.56. The quantitative estimate of drug-likeness (QED) is 0.770. The van der Waals surface area contributed by atoms with Gasteiger partial charge in [0, 0.05) is 43.6 Å². The van der Waals surface area contributed by atoms with Gasteiger partial charge in [-0.05, 0) is 38.9 Å². The van der Waals surface area contributed by atoms with E-state index in [4.69, 9.17) is 5.10 Å². The molecule has 0 saturated heterocycles. The summed E-state index contributed by atoms with van der Waals surface area (Å²) in [7, 11) is 0. The second-order valence-electron chi connectivity index (χ2n) is 6.53. The summed E-state index contributed by atoms with van der Waals surface area (Å²) in [5.41, 5.74) is 4.34. The van der Waals surface area contributed by atoms with Gasteiger partial charge in [-0.25, -0.2) is 4.98 Å². The van der Waals surface area contributed by atoms with Crippen LogP contribution in [0.15, 0.2) is 24.5 Å². The molecule has 1 aliphatic heterocycles. The largest absolute Gasteiger partial charge is 0.326 e. The number of nitrogens with one attached hydrogen (secondary N) is 2. The Bertz CT molecular complexity index is 802. The molecule has 0 saturated carbocycles. The minimum atomic E-state index is 0.268. The molecule has 4 heterocycles. The molecule has 126 valence electrons. The van der Waals surface area contributed by atoms with Crippen molar-refractivity contribution in [1.29, 1.82) is 0 Å². The highest BCUT2D eigenvalue weighted by atomic mass is 15.3. The molecule has 0 fully saturated rings. The molecule has 4 rings (SSSR count). The smallest absolute Gasteiger partial charge is 0.160 e. The lowest BCUT2D eigenvalue weighted by Crippen LogP contribution is -2.12. The van der Waals surface area contributed by atoms with E-state index in [-0.39, 0.29) is 6.04 Å². The lowest BCUT2D eigenvalue weighted by Gasteiger charge is -2.14. The lowest BCUT2D eigenvalue weighted by molar-refractivity contribution is 0.539. The van der Waals surface area contributed by atoms with E-state index in [1.54, 1.807) is 0 Å². The summed E-state index contributed by atoms with van der Waals surface area (Å²) >= 11 is 0. The summed E-state index contributed by atoms with van der Waals surface area (Å²) in [5.74, 6) is 0.926. The molecule has 1 atom stereocenters. The van der Waals surface area contributed by atoms with Gasteiger partial charge in [0.15, 0.2) is 5.82 Å². The van der Waals surface area contributed by atoms with E-state index in [9.17, 15) is 0 Å². The Morgan fingerprint density at radius 1 is 1.33 bits per heavy atom. The van der Waals surface area contributed by atoms with Crippen LogP contribution in [0, 0.1) is 6.92 Å². The maximum Gasteiger partial charge on any atom is 0.160 e. The van der Waals surface area contributed by atoms with Crippen molar-refractivity contribution in [3.8, 4) is 11.5 Å². The number of hydrogen-bond donors (Lipinski definition) is 2. The third-order valence-electron chi connectivity index (χ3n) is 4.53. The SMILES string of the molecule is Cc1cc(C[C@H](C)n2ccnc2-c2cc3n(n2)CCCNC3)n[nH]1. The van der Waals surface area contributed by atoms with Gasteiger partial charge in [0.1, 0.15) is 5.69 Å². The van der Waals surface area contributed by atoms with Gasteiger partial charge >= 0.3 is 0 Å². The first-order chi connectivity index (χ1) is 11.7. The number of hydrogen-bond acceptors (Lipinski definition) is 4. The van der Waals surface area contributed by atoms with Crippen LogP contribution in [-0.2, 0) is 19.5 Å². The molecule has 3 aromatic rings. The number of aromatic nitrogens is 6. The van der Waals surface area contributed by atoms with Gasteiger partial charge in [-0.2, -0.15) is 10.2 Å². The van der Waals surface area contributed by atoms with E-state index in [1.807, 2.05) is 19.3 Å². The van der Waals surface area contributed by atoms with Crippen molar-refractivity contribution in [1.82, 2.24) is 34.8 Å². The molecule has 3 aromatic heterocycles. The minimum Gasteiger partial charge on any atom is -0.326 e. The zero-order valence-corrected chi connectivity index (χ0v) is 14.2. The molecule has 0 spiro atoms. The molecular formula is C17H23N7. The normalized spacial score (nSPS) is 15.9. The molecule has 0 bridgehead atoms. The molecule has 0 amide bonds. The van der Waals surface area contributed by atoms with Crippen LogP contribution in [0.2, 0.25) is 0 Å². The van der Waals surface area contributed by atoms with Crippen LogP contribution < -0.4 is 5.32 Å². The Balaban J connectivity index is 1.60. The number of rotatable bonds is 4. The molecule has 0 aliphatic carbocycles. The fourth-order valence-corrected chi connectivity index (χ4v) is 3.32. The van der Waals surface area contributed by atoms with Crippen LogP contribution in [0.25, 0.3) is 11.5 Å². The van der Waals surface area contributed by atoms with Crippen LogP contribution in [0.5, 0.6) is 0 Å². The number of fused-ring (bicyclic) bond motifs is 1. The Kier molecular flexibility index (Phi) is 3.93. The molecule has 0 radical (unpaired) electrons. The predicted octanol–water partition coefficient (Wildman–Crippen LogP) is 2.08. The Hall–Kier alpha value is -2.41. The van der Waals surface area contributed by atoms with Crippen LogP contribution in [0.4, 0.5) is 0 Å². The fraction of sp³-hybridized carbons (Fsp3) is 0.471. The molecular weight excluding hydrogens is 302 g/mol. The average Bonchev–Trinajstić information content (AvgIpc) is 3.25. The number of aromatic amines is 1. The molecule has 7 nitrogen and oxygen atoms in total. The highest BCUT2D eigenvalue weighted by Crippen LogP contribution is 2.23. The first-order valence-electron chi connectivity index (χ1n) is 8.52. The second-order valence-corrected chi connectivity index (χ2v) is 6.53. The van der Waals surface area contributed by atoms with Gasteiger partial charge in [0.25, 0.3) is 0 Å². The number of aryl methyl sites for hydroxylation is 2. The van der Waals surface area contributed by atoms with Crippen molar-refractivity contribution in [2.75, 3.05) is 6.54 Å². The van der Waals surface area contributed by atoms with Gasteiger partial charge in [-0.15, -0.1) is 0 Å². The lowest BCUT2D eigenvalue weighted by atomic mass is 10.1. The van der Waals surface area contributed by atoms with Crippen LogP contribution in [-0.4, -0.2) is 36.1 Å². The van der Waals surface area contributed by atoms with Gasteiger partial charge in [-0.1, -0.05) is 0 Å². The maximum absolute atomic E-state index is 4.78. The second kappa shape index (κ2) is 6.24. The molecule has 0 aromatic carbocycles. The zero-order chi connectivity index (χ0) is 16.5. The van der Waals surface area contributed by atoms with E-state index < -0.39 is 0 Å². The minimum absolute atomic E-state index is 0.268. The monoisotopic (exact) mass is 325 g/mol. The first kappa shape index (κ1) is 15.1. The van der Waals surface area contributed by atoms with Crippen molar-refractivity contribution < 1.29 is 0 Å². The van der Waals surface area contributed by atoms with Crippen molar-refractivity contribution in [3.05, 3.63) is 41.6 Å². The first-order valence-corrected chi connectivity index (χ1v) is 8.52. The molecule has 1 aliphatic rings. The summed E-state index contributed by atoms with van der Waals surface area (Å²) in [6.45, 7) is 7.10. The van der Waals surface area contributed by atoms with Crippen LogP contribution in [0.3, 0.4) is 0 Å². The van der Waals surface area contributed by atoms with Crippen molar-refractivity contribution >= 4 is 0 Å². The van der Waals surface area contributed by atoms with Gasteiger partial charge in [0.2, 0.25) is 0 Å². The number of H-pyrrole nitrogens is 1. The van der Waals surface area contributed by atoms with Crippen LogP contribution in [0.1, 0.15) is 36.5 Å². The average molecular weight is 325 g/mol. The Morgan fingerprint density at radius 3 is 3.08 bits per heavy atom. The van der Waals surface area contributed by atoms with E-state index in [0.29, 0.717) is 0 Å². The van der Waals surface area contributed by atoms with Crippen molar-refractivity contribution in [3.63, 3.8) is 0 Å². The van der Waals surface area contributed by atoms with Gasteiger partial charge in [-0.3, -0.25) is 9.78 Å². The van der Waals surface area contributed by atoms with E-state index in [2.05, 4.69) is 48.8 Å². The van der Waals surface area contributed by atoms with Crippen molar-refractivity contribution in [2.45, 2.75) is 45.8 Å². The molecule has 7 heteroatoms. The zero-order valence-electron chi connectivity index (χ0n) is 14.2. The number of imidazole rings is 1. The Labute approximate surface area is 141 Å². The van der Waals surface area contributed by atoms with Crippen LogP contribution >= 0.6 is 0 Å². The van der Waals surface area contributed by atoms with E-state index >= 15 is 0 Å². The Morgan fingerprint density at radius 2 is 2.25 bits per heavy atom. The summed E-state index contributed by atoms with van der Waals surface area (Å²) in [6, 6.07) is 4.52. The highest BCUT2D eigenvalue weighted by molar-refractivity contribution is 5.50. The maximum atomic E-state index is 4.78. The van der Waals surface area contributed by atoms with Gasteiger partial charge < -0.3 is 9.88 Å². The van der Waals surface area contributed by atoms with E-state index in [1.165, 1.54) is 5.69 Å². The van der Waals surface area contributed by atoms with Crippen molar-refractivity contribution in [2.24, 2.45) is 0 Å². The summed E-state index contributed by atoms with van der Waals surface area (Å²) in [5, 5.41) is 15.6. The fourth-order valence-electron chi connectivity index (χ4n) is 3.32. The summed E-state index contributed by atoms with van der Waals surface area (Å²) < 4.78 is 4.30. The predicted molar refractivity (Wildman–Crippen MR) is 91.5 cm³/mol. The third-order valence-corrected chi connectivity index (χ3v) is 4.53. The molecule has 0 unspecified atom stereocenters. The highest BCUT2D eigenvalue weighted by Gasteiger charge is 2.18. The summed E-state index contributed by atoms with van der Waals surface area (Å²) in [6.07, 6.45) is 5.85. The standard InChI is InChI=1S/C17H23N7/c1-12-8-14(21-20-12)9-13(2)23-7-5-19-17(23)16-10-15-11-18-4-3-6-24(15)22-16/h5,7-8,10,13,18H,3-4,6,9,11H2,1-2H3,(H,20,21)/t13-/m0/s1. The molecule has 24 heavy (non-hydrogen) atoms. The van der Waals surface area contributed by atoms with Gasteiger partial charge in [0.05, 0.1) is 11.4 Å². The topological polar surface area (TPSA) is 76.3 Å². The van der Waals surface area contributed by atoms with E-state index in [0.717, 1.165) is 55.4 Å².